The molecule has 0 saturated heterocycles. The molecule has 2 N–H and O–H groups in total. The number of aryl methyl sites for hydroxylation is 1. The van der Waals surface area contributed by atoms with E-state index >= 15 is 0 Å². The first-order valence-electron chi connectivity index (χ1n) is 6.60. The average molecular weight is 321 g/mol. The van der Waals surface area contributed by atoms with Crippen LogP contribution in [0.25, 0.3) is 0 Å². The summed E-state index contributed by atoms with van der Waals surface area (Å²) >= 11 is 0. The van der Waals surface area contributed by atoms with Crippen LogP contribution in [-0.2, 0) is 4.79 Å². The van der Waals surface area contributed by atoms with Crippen molar-refractivity contribution in [2.75, 3.05) is 18.4 Å². The van der Waals surface area contributed by atoms with Gasteiger partial charge < -0.3 is 15.4 Å². The van der Waals surface area contributed by atoms with Gasteiger partial charge in [0.15, 0.2) is 0 Å². The van der Waals surface area contributed by atoms with Crippen molar-refractivity contribution in [3.8, 4) is 5.75 Å². The predicted molar refractivity (Wildman–Crippen MR) is 79.3 cm³/mol. The maximum absolute atomic E-state index is 12.2. The lowest BCUT2D eigenvalue weighted by Crippen LogP contribution is -2.29. The Kier molecular flexibility index (Phi) is 6.84. The Labute approximate surface area is 128 Å². The molecular weight excluding hydrogens is 302 g/mol. The Bertz CT molecular complexity index is 482. The van der Waals surface area contributed by atoms with Crippen LogP contribution in [0.1, 0.15) is 18.4 Å². The van der Waals surface area contributed by atoms with E-state index < -0.39 is 6.61 Å². The molecule has 0 aromatic heterocycles. The number of carbonyl (C=O) groups excluding carboxylic acids is 1. The molecule has 1 aromatic rings. The summed E-state index contributed by atoms with van der Waals surface area (Å²) in [5, 5.41) is 5.71. The third-order valence-electron chi connectivity index (χ3n) is 3.10. The van der Waals surface area contributed by atoms with E-state index in [0.29, 0.717) is 17.2 Å². The van der Waals surface area contributed by atoms with Crippen LogP contribution in [0.3, 0.4) is 0 Å². The Morgan fingerprint density at radius 2 is 2.14 bits per heavy atom. The summed E-state index contributed by atoms with van der Waals surface area (Å²) in [6, 6.07) is 4.69. The number of amides is 1. The van der Waals surface area contributed by atoms with Crippen LogP contribution in [0.2, 0.25) is 0 Å². The van der Waals surface area contributed by atoms with Gasteiger partial charge in [-0.05, 0) is 43.9 Å². The zero-order chi connectivity index (χ0) is 14.5. The van der Waals surface area contributed by atoms with Crippen LogP contribution in [0.4, 0.5) is 14.5 Å². The standard InChI is InChI=1S/C14H18F2N2O2.ClH/c1-9-2-5-11(6-12(9)20-14(15)16)18-13(19)8-17-7-10-3-4-10;/h2,5-6,10,14,17H,3-4,7-8H2,1H3,(H,18,19);1H. The lowest BCUT2D eigenvalue weighted by Gasteiger charge is -2.11. The van der Waals surface area contributed by atoms with Crippen LogP contribution in [0.15, 0.2) is 18.2 Å². The Hall–Kier alpha value is -1.40. The molecule has 1 saturated carbocycles. The molecule has 7 heteroatoms. The van der Waals surface area contributed by atoms with Crippen molar-refractivity contribution < 1.29 is 18.3 Å². The van der Waals surface area contributed by atoms with Gasteiger partial charge in [0.05, 0.1) is 6.54 Å². The van der Waals surface area contributed by atoms with E-state index in [2.05, 4.69) is 15.4 Å². The molecule has 4 nitrogen and oxygen atoms in total. The highest BCUT2D eigenvalue weighted by Gasteiger charge is 2.20. The van der Waals surface area contributed by atoms with Crippen LogP contribution in [-0.4, -0.2) is 25.6 Å². The molecule has 0 bridgehead atoms. The third kappa shape index (κ3) is 6.27. The fourth-order valence-electron chi connectivity index (χ4n) is 1.82. The number of hydrogen-bond donors (Lipinski definition) is 2. The van der Waals surface area contributed by atoms with Gasteiger partial charge in [-0.3, -0.25) is 4.79 Å². The van der Waals surface area contributed by atoms with Crippen LogP contribution < -0.4 is 15.4 Å². The molecule has 118 valence electrons. The van der Waals surface area contributed by atoms with Gasteiger partial charge in [-0.15, -0.1) is 12.4 Å². The maximum atomic E-state index is 12.2. The fourth-order valence-corrected chi connectivity index (χ4v) is 1.82. The van der Waals surface area contributed by atoms with Gasteiger partial charge in [0.25, 0.3) is 0 Å². The first kappa shape index (κ1) is 17.7. The lowest BCUT2D eigenvalue weighted by atomic mass is 10.2. The Morgan fingerprint density at radius 1 is 1.43 bits per heavy atom. The van der Waals surface area contributed by atoms with Crippen molar-refractivity contribution in [2.45, 2.75) is 26.4 Å². The van der Waals surface area contributed by atoms with Gasteiger partial charge in [-0.25, -0.2) is 0 Å². The first-order chi connectivity index (χ1) is 9.54. The molecule has 0 unspecified atom stereocenters. The van der Waals surface area contributed by atoms with E-state index in [9.17, 15) is 13.6 Å². The zero-order valence-corrected chi connectivity index (χ0v) is 12.5. The van der Waals surface area contributed by atoms with Gasteiger partial charge >= 0.3 is 6.61 Å². The van der Waals surface area contributed by atoms with Crippen molar-refractivity contribution in [3.05, 3.63) is 23.8 Å². The molecule has 2 rings (SSSR count). The number of rotatable bonds is 7. The molecule has 1 aromatic carbocycles. The summed E-state index contributed by atoms with van der Waals surface area (Å²) in [5.41, 5.74) is 1.04. The first-order valence-corrected chi connectivity index (χ1v) is 6.60. The molecule has 0 atom stereocenters. The normalized spacial score (nSPS) is 13.7. The second kappa shape index (κ2) is 8.14. The smallest absolute Gasteiger partial charge is 0.387 e. The van der Waals surface area contributed by atoms with E-state index in [1.165, 1.54) is 18.9 Å². The van der Waals surface area contributed by atoms with Gasteiger partial charge in [-0.2, -0.15) is 8.78 Å². The lowest BCUT2D eigenvalue weighted by molar-refractivity contribution is -0.115. The van der Waals surface area contributed by atoms with E-state index in [4.69, 9.17) is 0 Å². The second-order valence-electron chi connectivity index (χ2n) is 4.98. The monoisotopic (exact) mass is 320 g/mol. The Balaban J connectivity index is 0.00000220. The largest absolute Gasteiger partial charge is 0.434 e. The summed E-state index contributed by atoms with van der Waals surface area (Å²) in [6.07, 6.45) is 2.45. The average Bonchev–Trinajstić information content (AvgIpc) is 3.17. The topological polar surface area (TPSA) is 50.4 Å². The highest BCUT2D eigenvalue weighted by molar-refractivity contribution is 5.92. The maximum Gasteiger partial charge on any atom is 0.387 e. The summed E-state index contributed by atoms with van der Waals surface area (Å²) in [5.74, 6) is 0.578. The number of anilines is 1. The number of alkyl halides is 2. The molecule has 0 aliphatic heterocycles. The molecule has 0 radical (unpaired) electrons. The van der Waals surface area contributed by atoms with E-state index in [-0.39, 0.29) is 30.6 Å². The highest BCUT2D eigenvalue weighted by atomic mass is 35.5. The van der Waals surface area contributed by atoms with E-state index in [0.717, 1.165) is 6.54 Å². The van der Waals surface area contributed by atoms with Crippen LogP contribution in [0, 0.1) is 12.8 Å². The van der Waals surface area contributed by atoms with Crippen molar-refractivity contribution in [2.24, 2.45) is 5.92 Å². The minimum absolute atomic E-state index is 0. The van der Waals surface area contributed by atoms with Crippen molar-refractivity contribution in [1.29, 1.82) is 0 Å². The van der Waals surface area contributed by atoms with E-state index in [1.54, 1.807) is 19.1 Å². The number of benzene rings is 1. The molecule has 1 aliphatic rings. The van der Waals surface area contributed by atoms with Gasteiger partial charge in [0.2, 0.25) is 5.91 Å². The molecule has 0 spiro atoms. The zero-order valence-electron chi connectivity index (χ0n) is 11.7. The molecule has 1 aliphatic carbocycles. The SMILES string of the molecule is Cc1ccc(NC(=O)CNCC2CC2)cc1OC(F)F.Cl. The number of hydrogen-bond acceptors (Lipinski definition) is 3. The van der Waals surface area contributed by atoms with Gasteiger partial charge in [0.1, 0.15) is 5.75 Å². The molecule has 1 amide bonds. The fraction of sp³-hybridized carbons (Fsp3) is 0.500. The van der Waals surface area contributed by atoms with E-state index in [1.807, 2.05) is 0 Å². The summed E-state index contributed by atoms with van der Waals surface area (Å²) in [6.45, 7) is -0.142. The third-order valence-corrected chi connectivity index (χ3v) is 3.10. The summed E-state index contributed by atoms with van der Waals surface area (Å²) < 4.78 is 28.8. The quantitative estimate of drug-likeness (QED) is 0.812. The summed E-state index contributed by atoms with van der Waals surface area (Å²) in [4.78, 5) is 11.7. The van der Waals surface area contributed by atoms with Crippen molar-refractivity contribution in [1.82, 2.24) is 5.32 Å². The number of nitrogens with one attached hydrogen (secondary N) is 2. The predicted octanol–water partition coefficient (Wildman–Crippen LogP) is 2.96. The van der Waals surface area contributed by atoms with Crippen LogP contribution >= 0.6 is 12.4 Å². The minimum atomic E-state index is -2.88. The number of halogens is 3. The molecular formula is C14H19ClF2N2O2. The van der Waals surface area contributed by atoms with Crippen molar-refractivity contribution in [3.63, 3.8) is 0 Å². The second-order valence-corrected chi connectivity index (χ2v) is 4.98. The molecule has 0 heterocycles. The number of ether oxygens (including phenoxy) is 1. The minimum Gasteiger partial charge on any atom is -0.434 e. The Morgan fingerprint density at radius 3 is 2.76 bits per heavy atom. The number of carbonyl (C=O) groups is 1. The molecule has 1 fully saturated rings. The van der Waals surface area contributed by atoms with Crippen LogP contribution in [0.5, 0.6) is 5.75 Å². The van der Waals surface area contributed by atoms with Gasteiger partial charge in [0, 0.05) is 11.8 Å². The van der Waals surface area contributed by atoms with Gasteiger partial charge in [-0.1, -0.05) is 6.07 Å². The highest BCUT2D eigenvalue weighted by Crippen LogP contribution is 2.27. The summed E-state index contributed by atoms with van der Waals surface area (Å²) in [7, 11) is 0. The van der Waals surface area contributed by atoms with Crippen molar-refractivity contribution >= 4 is 24.0 Å². The molecule has 21 heavy (non-hydrogen) atoms.